The molecule has 4 aromatic rings. The summed E-state index contributed by atoms with van der Waals surface area (Å²) in [6.07, 6.45) is -4.76. The summed E-state index contributed by atoms with van der Waals surface area (Å²) in [5.74, 6) is 0.285. The topological polar surface area (TPSA) is 54.3 Å². The fourth-order valence-corrected chi connectivity index (χ4v) is 5.56. The Bertz CT molecular complexity index is 1540. The molecule has 0 saturated carbocycles. The van der Waals surface area contributed by atoms with Crippen LogP contribution in [0.25, 0.3) is 10.9 Å². The van der Waals surface area contributed by atoms with Crippen LogP contribution < -0.4 is 5.32 Å². The maximum absolute atomic E-state index is 13.7. The molecule has 12 heteroatoms. The van der Waals surface area contributed by atoms with Gasteiger partial charge >= 0.3 is 6.18 Å². The Morgan fingerprint density at radius 3 is 2.39 bits per heavy atom. The third-order valence-corrected chi connectivity index (χ3v) is 7.70. The molecule has 2 N–H and O–H groups in total. The number of benzene rings is 3. The van der Waals surface area contributed by atoms with E-state index in [0.29, 0.717) is 22.2 Å². The van der Waals surface area contributed by atoms with Crippen LogP contribution in [0.4, 0.5) is 17.6 Å². The Morgan fingerprint density at radius 1 is 1.07 bits per heavy atom. The SMILES string of the molecule is [B]C([B])(O)C(NC(=O)c1ccc2c(c1)cc(Cc1ccc(Cl)cc1C(F)(F)F)n2CCF)c1ccc(SCC)cc1. The number of halogens is 5. The predicted molar refractivity (Wildman–Crippen MR) is 157 cm³/mol. The van der Waals surface area contributed by atoms with Crippen LogP contribution in [0.1, 0.15) is 45.7 Å². The first-order valence-electron chi connectivity index (χ1n) is 12.7. The second kappa shape index (κ2) is 12.5. The Morgan fingerprint density at radius 2 is 1.78 bits per heavy atom. The van der Waals surface area contributed by atoms with Gasteiger partial charge in [0.25, 0.3) is 5.91 Å². The number of fused-ring (bicyclic) bond motifs is 1. The van der Waals surface area contributed by atoms with E-state index in [1.54, 1.807) is 46.7 Å². The number of carbonyl (C=O) groups excluding carboxylic acids is 1. The molecule has 0 aliphatic heterocycles. The lowest BCUT2D eigenvalue weighted by molar-refractivity contribution is -0.138. The van der Waals surface area contributed by atoms with Gasteiger partial charge in [-0.3, -0.25) is 4.79 Å². The number of hydrogen-bond acceptors (Lipinski definition) is 3. The lowest BCUT2D eigenvalue weighted by Crippen LogP contribution is -2.47. The number of nitrogens with zero attached hydrogens (tertiary/aromatic N) is 1. The van der Waals surface area contributed by atoms with Gasteiger partial charge in [0.1, 0.15) is 22.4 Å². The molecule has 4 nitrogen and oxygen atoms in total. The summed E-state index contributed by atoms with van der Waals surface area (Å²) in [7, 11) is 11.6. The zero-order valence-corrected chi connectivity index (χ0v) is 23.6. The molecule has 0 saturated heterocycles. The van der Waals surface area contributed by atoms with Gasteiger partial charge in [-0.15, -0.1) is 11.8 Å². The number of hydrogen-bond donors (Lipinski definition) is 2. The van der Waals surface area contributed by atoms with Crippen molar-refractivity contribution in [2.75, 3.05) is 12.4 Å². The third kappa shape index (κ3) is 7.31. The van der Waals surface area contributed by atoms with Crippen LogP contribution in [-0.4, -0.2) is 49.1 Å². The third-order valence-electron chi connectivity index (χ3n) is 6.57. The Labute approximate surface area is 247 Å². The number of aryl methyl sites for hydroxylation is 1. The van der Waals surface area contributed by atoms with Crippen molar-refractivity contribution in [3.05, 3.63) is 99.7 Å². The highest BCUT2D eigenvalue weighted by Gasteiger charge is 2.34. The summed E-state index contributed by atoms with van der Waals surface area (Å²) in [6.45, 7) is 1.19. The quantitative estimate of drug-likeness (QED) is 0.126. The Kier molecular flexibility index (Phi) is 9.51. The summed E-state index contributed by atoms with van der Waals surface area (Å²) in [5.41, 5.74) is 0.781. The highest BCUT2D eigenvalue weighted by atomic mass is 35.5. The average molecular weight is 599 g/mol. The molecule has 1 unspecified atom stereocenters. The van der Waals surface area contributed by atoms with Crippen molar-refractivity contribution in [3.63, 3.8) is 0 Å². The molecule has 1 heterocycles. The van der Waals surface area contributed by atoms with E-state index in [0.717, 1.165) is 16.7 Å². The van der Waals surface area contributed by atoms with E-state index in [1.165, 1.54) is 18.2 Å². The van der Waals surface area contributed by atoms with Crippen molar-refractivity contribution in [1.29, 1.82) is 0 Å². The highest BCUT2D eigenvalue weighted by Crippen LogP contribution is 2.35. The van der Waals surface area contributed by atoms with Gasteiger partial charge in [0.2, 0.25) is 0 Å². The van der Waals surface area contributed by atoms with E-state index >= 15 is 0 Å². The number of amides is 1. The highest BCUT2D eigenvalue weighted by molar-refractivity contribution is 7.99. The van der Waals surface area contributed by atoms with E-state index in [-0.39, 0.29) is 29.1 Å². The molecule has 0 spiro atoms. The first-order valence-corrected chi connectivity index (χ1v) is 14.1. The molecule has 0 fully saturated rings. The number of aromatic nitrogens is 1. The Hall–Kier alpha value is -2.88. The zero-order valence-electron chi connectivity index (χ0n) is 22.0. The van der Waals surface area contributed by atoms with Gasteiger partial charge in [0.05, 0.1) is 18.2 Å². The number of carbonyl (C=O) groups is 1. The van der Waals surface area contributed by atoms with Crippen LogP contribution in [-0.2, 0) is 19.1 Å². The van der Waals surface area contributed by atoms with Gasteiger partial charge < -0.3 is 15.0 Å². The Balaban J connectivity index is 1.66. The normalized spacial score (nSPS) is 13.0. The van der Waals surface area contributed by atoms with Gasteiger partial charge in [-0.05, 0) is 65.4 Å². The molecule has 0 aliphatic carbocycles. The minimum absolute atomic E-state index is 0.0147. The van der Waals surface area contributed by atoms with Crippen molar-refractivity contribution >= 4 is 55.9 Å². The monoisotopic (exact) mass is 598 g/mol. The van der Waals surface area contributed by atoms with Crippen molar-refractivity contribution in [2.24, 2.45) is 0 Å². The molecule has 0 bridgehead atoms. The first-order chi connectivity index (χ1) is 19.3. The van der Waals surface area contributed by atoms with E-state index in [1.807, 2.05) is 19.1 Å². The van der Waals surface area contributed by atoms with Crippen molar-refractivity contribution in [3.8, 4) is 0 Å². The lowest BCUT2D eigenvalue weighted by atomic mass is 9.59. The van der Waals surface area contributed by atoms with Crippen molar-refractivity contribution in [1.82, 2.24) is 9.88 Å². The van der Waals surface area contributed by atoms with Crippen LogP contribution in [0.15, 0.2) is 71.6 Å². The van der Waals surface area contributed by atoms with Gasteiger partial charge in [-0.2, -0.15) is 13.2 Å². The average Bonchev–Trinajstić information content (AvgIpc) is 3.24. The smallest absolute Gasteiger partial charge is 0.407 e. The van der Waals surface area contributed by atoms with Crippen molar-refractivity contribution < 1.29 is 27.5 Å². The summed E-state index contributed by atoms with van der Waals surface area (Å²) >= 11 is 7.44. The summed E-state index contributed by atoms with van der Waals surface area (Å²) in [5, 5.41) is 11.3. The van der Waals surface area contributed by atoms with E-state index < -0.39 is 35.8 Å². The van der Waals surface area contributed by atoms with E-state index in [2.05, 4.69) is 5.32 Å². The van der Waals surface area contributed by atoms with E-state index in [9.17, 15) is 27.5 Å². The molecule has 1 amide bonds. The molecule has 1 atom stereocenters. The number of rotatable bonds is 10. The standard InChI is InChI=1S/C29H25B2ClF4N2O2S/c1-2-41-23-8-4-17(5-9-23)26(28(30,31)40)37-27(39)19-6-10-25-20(13-19)15-22(38(25)12-11-33)14-18-3-7-21(32)16-24(18)29(34,35)36/h3-10,13,15-16,26,40H,2,11-12,14H2,1H3,(H,37,39). The van der Waals surface area contributed by atoms with Crippen LogP contribution in [0.3, 0.4) is 0 Å². The lowest BCUT2D eigenvalue weighted by Gasteiger charge is -2.32. The van der Waals surface area contributed by atoms with Crippen LogP contribution in [0, 0.1) is 0 Å². The molecule has 210 valence electrons. The minimum atomic E-state index is -4.62. The van der Waals surface area contributed by atoms with E-state index in [4.69, 9.17) is 27.3 Å². The molecule has 3 aromatic carbocycles. The fraction of sp³-hybridized carbons (Fsp3) is 0.276. The maximum atomic E-state index is 13.7. The number of thioether (sulfide) groups is 1. The van der Waals surface area contributed by atoms with Crippen molar-refractivity contribution in [2.45, 2.75) is 42.4 Å². The van der Waals surface area contributed by atoms with Gasteiger partial charge in [0, 0.05) is 43.9 Å². The molecule has 4 radical (unpaired) electrons. The van der Waals surface area contributed by atoms with Crippen LogP contribution in [0.2, 0.25) is 5.02 Å². The minimum Gasteiger partial charge on any atom is -0.407 e. The zero-order chi connectivity index (χ0) is 29.9. The summed E-state index contributed by atoms with van der Waals surface area (Å²) in [6, 6.07) is 15.8. The second-order valence-corrected chi connectivity index (χ2v) is 11.3. The van der Waals surface area contributed by atoms with Crippen LogP contribution in [0.5, 0.6) is 0 Å². The van der Waals surface area contributed by atoms with Gasteiger partial charge in [0.15, 0.2) is 0 Å². The molecule has 41 heavy (non-hydrogen) atoms. The van der Waals surface area contributed by atoms with Gasteiger partial charge in [-0.25, -0.2) is 4.39 Å². The maximum Gasteiger partial charge on any atom is 0.416 e. The molecule has 0 aliphatic rings. The fourth-order valence-electron chi connectivity index (χ4n) is 4.73. The largest absolute Gasteiger partial charge is 0.416 e. The number of alkyl halides is 4. The molecule has 4 rings (SSSR count). The van der Waals surface area contributed by atoms with Gasteiger partial charge in [-0.1, -0.05) is 36.7 Å². The number of aliphatic hydroxyl groups is 1. The number of nitrogens with one attached hydrogen (secondary N) is 1. The molecule has 1 aromatic heterocycles. The summed E-state index contributed by atoms with van der Waals surface area (Å²) < 4.78 is 56.1. The first kappa shape index (κ1) is 31.1. The van der Waals surface area contributed by atoms with Crippen LogP contribution >= 0.6 is 23.4 Å². The molecular weight excluding hydrogens is 573 g/mol. The second-order valence-electron chi connectivity index (χ2n) is 9.52. The molecular formula is C29H25B2ClF4N2O2S. The predicted octanol–water partition coefficient (Wildman–Crippen LogP) is 6.44. The summed E-state index contributed by atoms with van der Waals surface area (Å²) in [4.78, 5) is 14.2.